The second-order valence-electron chi connectivity index (χ2n) is 5.84. The van der Waals surface area contributed by atoms with Gasteiger partial charge in [0.15, 0.2) is 0 Å². The van der Waals surface area contributed by atoms with Crippen LogP contribution in [-0.4, -0.2) is 39.4 Å². The SMILES string of the molecule is Cc1ccc(S(=O)(=O)NCCN(C)C(=O)c2ccc(CN)cc2)cc1. The molecule has 2 aromatic rings. The summed E-state index contributed by atoms with van der Waals surface area (Å²) in [5.41, 5.74) is 8.02. The molecule has 3 N–H and O–H groups in total. The average Bonchev–Trinajstić information content (AvgIpc) is 2.61. The zero-order valence-corrected chi connectivity index (χ0v) is 15.2. The van der Waals surface area contributed by atoms with Crippen LogP contribution in [0.25, 0.3) is 0 Å². The van der Waals surface area contributed by atoms with E-state index in [9.17, 15) is 13.2 Å². The van der Waals surface area contributed by atoms with Gasteiger partial charge < -0.3 is 10.6 Å². The first-order chi connectivity index (χ1) is 11.8. The van der Waals surface area contributed by atoms with Gasteiger partial charge in [-0.15, -0.1) is 0 Å². The Morgan fingerprint density at radius 1 is 1.08 bits per heavy atom. The van der Waals surface area contributed by atoms with E-state index in [1.807, 2.05) is 6.92 Å². The summed E-state index contributed by atoms with van der Waals surface area (Å²) in [5.74, 6) is -0.168. The van der Waals surface area contributed by atoms with Crippen LogP contribution in [-0.2, 0) is 16.6 Å². The molecule has 0 saturated carbocycles. The number of sulfonamides is 1. The van der Waals surface area contributed by atoms with E-state index in [4.69, 9.17) is 5.73 Å². The van der Waals surface area contributed by atoms with Gasteiger partial charge in [-0.25, -0.2) is 13.1 Å². The lowest BCUT2D eigenvalue weighted by Gasteiger charge is -2.18. The van der Waals surface area contributed by atoms with Crippen molar-refractivity contribution in [3.8, 4) is 0 Å². The van der Waals surface area contributed by atoms with Crippen molar-refractivity contribution in [2.24, 2.45) is 5.73 Å². The number of hydrogen-bond acceptors (Lipinski definition) is 4. The van der Waals surface area contributed by atoms with Crippen LogP contribution >= 0.6 is 0 Å². The Labute approximate surface area is 148 Å². The molecule has 1 amide bonds. The Morgan fingerprint density at radius 2 is 1.68 bits per heavy atom. The number of aryl methyl sites for hydroxylation is 1. The molecule has 2 aromatic carbocycles. The lowest BCUT2D eigenvalue weighted by molar-refractivity contribution is 0.0797. The van der Waals surface area contributed by atoms with Gasteiger partial charge in [0, 0.05) is 32.2 Å². The highest BCUT2D eigenvalue weighted by Gasteiger charge is 2.15. The molecule has 2 rings (SSSR count). The molecule has 0 fully saturated rings. The number of nitrogens with one attached hydrogen (secondary N) is 1. The standard InChI is InChI=1S/C18H23N3O3S/c1-14-3-9-17(10-4-14)25(23,24)20-11-12-21(2)18(22)16-7-5-15(13-19)6-8-16/h3-10,20H,11-13,19H2,1-2H3. The first kappa shape index (κ1) is 19.1. The van der Waals surface area contributed by atoms with Crippen LogP contribution in [0.1, 0.15) is 21.5 Å². The van der Waals surface area contributed by atoms with Gasteiger partial charge in [0.25, 0.3) is 5.91 Å². The number of hydrogen-bond donors (Lipinski definition) is 2. The Morgan fingerprint density at radius 3 is 2.24 bits per heavy atom. The zero-order chi connectivity index (χ0) is 18.4. The minimum atomic E-state index is -3.57. The summed E-state index contributed by atoms with van der Waals surface area (Å²) in [6.07, 6.45) is 0. The maximum atomic E-state index is 12.3. The summed E-state index contributed by atoms with van der Waals surface area (Å²) in [6, 6.07) is 13.7. The monoisotopic (exact) mass is 361 g/mol. The summed E-state index contributed by atoms with van der Waals surface area (Å²) in [4.78, 5) is 14.0. The highest BCUT2D eigenvalue weighted by molar-refractivity contribution is 7.89. The largest absolute Gasteiger partial charge is 0.340 e. The Bertz CT molecular complexity index is 816. The van der Waals surface area contributed by atoms with Crippen molar-refractivity contribution in [3.05, 3.63) is 65.2 Å². The molecule has 0 aromatic heterocycles. The van der Waals surface area contributed by atoms with E-state index in [0.29, 0.717) is 12.1 Å². The summed E-state index contributed by atoms with van der Waals surface area (Å²) in [6.45, 7) is 2.72. The minimum Gasteiger partial charge on any atom is -0.340 e. The van der Waals surface area contributed by atoms with Crippen molar-refractivity contribution >= 4 is 15.9 Å². The lowest BCUT2D eigenvalue weighted by Crippen LogP contribution is -2.36. The van der Waals surface area contributed by atoms with Gasteiger partial charge >= 0.3 is 0 Å². The van der Waals surface area contributed by atoms with E-state index in [-0.39, 0.29) is 23.9 Å². The van der Waals surface area contributed by atoms with Crippen LogP contribution in [0, 0.1) is 6.92 Å². The fourth-order valence-electron chi connectivity index (χ4n) is 2.25. The molecule has 0 spiro atoms. The summed E-state index contributed by atoms with van der Waals surface area (Å²) in [7, 11) is -1.94. The van der Waals surface area contributed by atoms with Crippen molar-refractivity contribution in [1.29, 1.82) is 0 Å². The topological polar surface area (TPSA) is 92.5 Å². The molecule has 0 atom stereocenters. The number of nitrogens with two attached hydrogens (primary N) is 1. The van der Waals surface area contributed by atoms with Crippen molar-refractivity contribution in [1.82, 2.24) is 9.62 Å². The van der Waals surface area contributed by atoms with E-state index in [0.717, 1.165) is 11.1 Å². The molecule has 0 saturated heterocycles. The lowest BCUT2D eigenvalue weighted by atomic mass is 10.1. The summed E-state index contributed by atoms with van der Waals surface area (Å²) < 4.78 is 26.9. The third-order valence-corrected chi connectivity index (χ3v) is 5.33. The number of rotatable bonds is 7. The van der Waals surface area contributed by atoms with Gasteiger partial charge in [-0.3, -0.25) is 4.79 Å². The van der Waals surface area contributed by atoms with Crippen molar-refractivity contribution in [2.45, 2.75) is 18.4 Å². The Hall–Kier alpha value is -2.22. The Kier molecular flexibility index (Phi) is 6.30. The molecule has 0 radical (unpaired) electrons. The van der Waals surface area contributed by atoms with E-state index in [1.165, 1.54) is 4.90 Å². The van der Waals surface area contributed by atoms with Gasteiger partial charge in [0.1, 0.15) is 0 Å². The van der Waals surface area contributed by atoms with Gasteiger partial charge in [0.2, 0.25) is 10.0 Å². The predicted octanol–water partition coefficient (Wildman–Crippen LogP) is 1.50. The van der Waals surface area contributed by atoms with Crippen molar-refractivity contribution in [2.75, 3.05) is 20.1 Å². The maximum Gasteiger partial charge on any atom is 0.253 e. The predicted molar refractivity (Wildman–Crippen MR) is 97.7 cm³/mol. The van der Waals surface area contributed by atoms with Crippen LogP contribution in [0.2, 0.25) is 0 Å². The van der Waals surface area contributed by atoms with Gasteiger partial charge in [0.05, 0.1) is 4.90 Å². The van der Waals surface area contributed by atoms with E-state index < -0.39 is 10.0 Å². The smallest absolute Gasteiger partial charge is 0.253 e. The molecule has 0 aliphatic heterocycles. The summed E-state index contributed by atoms with van der Waals surface area (Å²) in [5, 5.41) is 0. The molecule has 0 heterocycles. The highest BCUT2D eigenvalue weighted by Crippen LogP contribution is 2.10. The molecular weight excluding hydrogens is 338 g/mol. The number of likely N-dealkylation sites (N-methyl/N-ethyl adjacent to an activating group) is 1. The molecule has 0 aliphatic rings. The zero-order valence-electron chi connectivity index (χ0n) is 14.4. The Balaban J connectivity index is 1.91. The first-order valence-corrected chi connectivity index (χ1v) is 9.42. The second-order valence-corrected chi connectivity index (χ2v) is 7.61. The minimum absolute atomic E-state index is 0.138. The third kappa shape index (κ3) is 5.12. The number of benzene rings is 2. The molecular formula is C18H23N3O3S. The van der Waals surface area contributed by atoms with Crippen molar-refractivity contribution in [3.63, 3.8) is 0 Å². The fourth-order valence-corrected chi connectivity index (χ4v) is 3.27. The highest BCUT2D eigenvalue weighted by atomic mass is 32.2. The van der Waals surface area contributed by atoms with E-state index >= 15 is 0 Å². The molecule has 0 aliphatic carbocycles. The molecule has 134 valence electrons. The van der Waals surface area contributed by atoms with Crippen molar-refractivity contribution < 1.29 is 13.2 Å². The van der Waals surface area contributed by atoms with Crippen LogP contribution in [0.5, 0.6) is 0 Å². The number of carbonyl (C=O) groups excluding carboxylic acids is 1. The second kappa shape index (κ2) is 8.24. The van der Waals surface area contributed by atoms with Crippen LogP contribution < -0.4 is 10.5 Å². The third-order valence-electron chi connectivity index (χ3n) is 3.85. The summed E-state index contributed by atoms with van der Waals surface area (Å²) >= 11 is 0. The van der Waals surface area contributed by atoms with Crippen LogP contribution in [0.3, 0.4) is 0 Å². The first-order valence-electron chi connectivity index (χ1n) is 7.94. The molecule has 6 nitrogen and oxygen atoms in total. The van der Waals surface area contributed by atoms with E-state index in [2.05, 4.69) is 4.72 Å². The number of nitrogens with zero attached hydrogens (tertiary/aromatic N) is 1. The maximum absolute atomic E-state index is 12.3. The number of carbonyl (C=O) groups is 1. The average molecular weight is 361 g/mol. The molecule has 25 heavy (non-hydrogen) atoms. The van der Waals surface area contributed by atoms with E-state index in [1.54, 1.807) is 55.6 Å². The normalized spacial score (nSPS) is 11.3. The quantitative estimate of drug-likeness (QED) is 0.782. The molecule has 7 heteroatoms. The number of amides is 1. The molecule has 0 bridgehead atoms. The fraction of sp³-hybridized carbons (Fsp3) is 0.278. The van der Waals surface area contributed by atoms with Gasteiger partial charge in [-0.05, 0) is 36.8 Å². The molecule has 0 unspecified atom stereocenters. The van der Waals surface area contributed by atoms with Crippen LogP contribution in [0.4, 0.5) is 0 Å². The van der Waals surface area contributed by atoms with Crippen LogP contribution in [0.15, 0.2) is 53.4 Å². The van der Waals surface area contributed by atoms with Gasteiger partial charge in [-0.1, -0.05) is 29.8 Å². The van der Waals surface area contributed by atoms with Gasteiger partial charge in [-0.2, -0.15) is 0 Å².